The summed E-state index contributed by atoms with van der Waals surface area (Å²) in [6.45, 7) is 1.84. The second-order valence-corrected chi connectivity index (χ2v) is 7.98. The molecular formula is C22H17NO5S. The number of benzene rings is 3. The molecule has 1 heterocycles. The maximum atomic E-state index is 12.8. The SMILES string of the molecule is Cc1ccc(S(=O)(=O)Oc2c(Nc3ccccc3)c3ccccc3oc2=O)cc1. The molecule has 0 saturated carbocycles. The van der Waals surface area contributed by atoms with E-state index in [1.807, 2.05) is 25.1 Å². The van der Waals surface area contributed by atoms with Crippen LogP contribution in [0.2, 0.25) is 0 Å². The van der Waals surface area contributed by atoms with Crippen molar-refractivity contribution >= 4 is 32.5 Å². The molecule has 1 aromatic heterocycles. The zero-order valence-corrected chi connectivity index (χ0v) is 16.3. The molecule has 0 saturated heterocycles. The molecule has 0 radical (unpaired) electrons. The quantitative estimate of drug-likeness (QED) is 0.384. The molecule has 146 valence electrons. The lowest BCUT2D eigenvalue weighted by atomic mass is 10.2. The monoisotopic (exact) mass is 407 g/mol. The maximum Gasteiger partial charge on any atom is 0.383 e. The third-order valence-electron chi connectivity index (χ3n) is 4.32. The molecule has 3 aromatic carbocycles. The highest BCUT2D eigenvalue weighted by molar-refractivity contribution is 7.87. The third kappa shape index (κ3) is 3.86. The second-order valence-electron chi connectivity index (χ2n) is 6.43. The van der Waals surface area contributed by atoms with Crippen LogP contribution in [0.4, 0.5) is 11.4 Å². The molecule has 0 atom stereocenters. The van der Waals surface area contributed by atoms with E-state index in [2.05, 4.69) is 5.32 Å². The Hall–Kier alpha value is -3.58. The molecule has 4 rings (SSSR count). The molecule has 4 aromatic rings. The molecule has 0 bridgehead atoms. The normalized spacial score (nSPS) is 11.3. The lowest BCUT2D eigenvalue weighted by Crippen LogP contribution is -2.17. The molecule has 0 aliphatic rings. The van der Waals surface area contributed by atoms with Gasteiger partial charge in [-0.3, -0.25) is 0 Å². The summed E-state index contributed by atoms with van der Waals surface area (Å²) in [7, 11) is -4.24. The van der Waals surface area contributed by atoms with Crippen LogP contribution < -0.4 is 15.1 Å². The van der Waals surface area contributed by atoms with E-state index in [0.29, 0.717) is 16.7 Å². The van der Waals surface area contributed by atoms with E-state index >= 15 is 0 Å². The second kappa shape index (κ2) is 7.44. The zero-order chi connectivity index (χ0) is 20.4. The number of para-hydroxylation sites is 2. The van der Waals surface area contributed by atoms with Gasteiger partial charge in [0.1, 0.15) is 16.2 Å². The van der Waals surface area contributed by atoms with Gasteiger partial charge in [0.2, 0.25) is 0 Å². The predicted molar refractivity (Wildman–Crippen MR) is 111 cm³/mol. The van der Waals surface area contributed by atoms with E-state index in [1.165, 1.54) is 12.1 Å². The van der Waals surface area contributed by atoms with Gasteiger partial charge < -0.3 is 13.9 Å². The van der Waals surface area contributed by atoms with Crippen molar-refractivity contribution in [2.24, 2.45) is 0 Å². The fourth-order valence-corrected chi connectivity index (χ4v) is 3.80. The fourth-order valence-electron chi connectivity index (χ4n) is 2.86. The van der Waals surface area contributed by atoms with E-state index in [9.17, 15) is 13.2 Å². The highest BCUT2D eigenvalue weighted by atomic mass is 32.2. The van der Waals surface area contributed by atoms with Crippen LogP contribution in [0.5, 0.6) is 5.75 Å². The first-order chi connectivity index (χ1) is 13.9. The fraction of sp³-hybridized carbons (Fsp3) is 0.0455. The molecule has 0 unspecified atom stereocenters. The average molecular weight is 407 g/mol. The van der Waals surface area contributed by atoms with Gasteiger partial charge in [0.15, 0.2) is 0 Å². The van der Waals surface area contributed by atoms with Gasteiger partial charge >= 0.3 is 15.7 Å². The van der Waals surface area contributed by atoms with Crippen molar-refractivity contribution in [2.75, 3.05) is 5.32 Å². The first-order valence-electron chi connectivity index (χ1n) is 8.83. The topological polar surface area (TPSA) is 85.6 Å². The van der Waals surface area contributed by atoms with E-state index in [-0.39, 0.29) is 10.6 Å². The van der Waals surface area contributed by atoms with Crippen molar-refractivity contribution in [2.45, 2.75) is 11.8 Å². The van der Waals surface area contributed by atoms with Crippen molar-refractivity contribution in [3.8, 4) is 5.75 Å². The van der Waals surface area contributed by atoms with Crippen molar-refractivity contribution in [1.29, 1.82) is 0 Å². The van der Waals surface area contributed by atoms with Gasteiger partial charge in [-0.15, -0.1) is 0 Å². The minimum atomic E-state index is -4.24. The average Bonchev–Trinajstić information content (AvgIpc) is 2.71. The minimum absolute atomic E-state index is 0.0543. The number of aryl methyl sites for hydroxylation is 1. The highest BCUT2D eigenvalue weighted by Gasteiger charge is 2.24. The number of anilines is 2. The number of rotatable bonds is 5. The Labute approximate surface area is 167 Å². The van der Waals surface area contributed by atoms with Gasteiger partial charge in [-0.05, 0) is 43.3 Å². The van der Waals surface area contributed by atoms with Gasteiger partial charge in [-0.2, -0.15) is 8.42 Å². The van der Waals surface area contributed by atoms with Crippen LogP contribution >= 0.6 is 0 Å². The first kappa shape index (κ1) is 18.8. The highest BCUT2D eigenvalue weighted by Crippen LogP contribution is 2.34. The minimum Gasteiger partial charge on any atom is -0.420 e. The summed E-state index contributed by atoms with van der Waals surface area (Å²) < 4.78 is 36.1. The smallest absolute Gasteiger partial charge is 0.383 e. The maximum absolute atomic E-state index is 12.8. The van der Waals surface area contributed by atoms with Crippen LogP contribution in [0.1, 0.15) is 5.56 Å². The van der Waals surface area contributed by atoms with Gasteiger partial charge in [-0.1, -0.05) is 48.0 Å². The summed E-state index contributed by atoms with van der Waals surface area (Å²) in [6, 6.07) is 22.1. The Kier molecular flexibility index (Phi) is 4.82. The molecule has 0 aliphatic heterocycles. The van der Waals surface area contributed by atoms with E-state index < -0.39 is 21.5 Å². The first-order valence-corrected chi connectivity index (χ1v) is 10.2. The Morgan fingerprint density at radius 1 is 0.862 bits per heavy atom. The standard InChI is InChI=1S/C22H17NO5S/c1-15-11-13-17(14-12-15)29(25,26)28-21-20(23-16-7-3-2-4-8-16)18-9-5-6-10-19(18)27-22(21)24/h2-14,23H,1H3. The van der Waals surface area contributed by atoms with Gasteiger partial charge in [-0.25, -0.2) is 4.79 Å². The van der Waals surface area contributed by atoms with Crippen LogP contribution in [0, 0.1) is 6.92 Å². The molecular weight excluding hydrogens is 390 g/mol. The lowest BCUT2D eigenvalue weighted by Gasteiger charge is -2.14. The molecule has 0 fully saturated rings. The molecule has 0 aliphatic carbocycles. The predicted octanol–water partition coefficient (Wildman–Crippen LogP) is 4.61. The van der Waals surface area contributed by atoms with E-state index in [0.717, 1.165) is 5.56 Å². The Morgan fingerprint density at radius 3 is 2.24 bits per heavy atom. The zero-order valence-electron chi connectivity index (χ0n) is 15.5. The Bertz CT molecular complexity index is 1330. The summed E-state index contributed by atoms with van der Waals surface area (Å²) >= 11 is 0. The van der Waals surface area contributed by atoms with Crippen molar-refractivity contribution in [3.63, 3.8) is 0 Å². The number of hydrogen-bond acceptors (Lipinski definition) is 6. The Morgan fingerprint density at radius 2 is 1.52 bits per heavy atom. The van der Waals surface area contributed by atoms with Crippen molar-refractivity contribution in [1.82, 2.24) is 0 Å². The van der Waals surface area contributed by atoms with Gasteiger partial charge in [0.25, 0.3) is 5.75 Å². The van der Waals surface area contributed by atoms with Crippen LogP contribution in [0.15, 0.2) is 93.0 Å². The molecule has 0 amide bonds. The molecule has 0 spiro atoms. The molecule has 29 heavy (non-hydrogen) atoms. The van der Waals surface area contributed by atoms with Gasteiger partial charge in [0.05, 0.1) is 0 Å². The van der Waals surface area contributed by atoms with Gasteiger partial charge in [0, 0.05) is 11.1 Å². The number of fused-ring (bicyclic) bond motifs is 1. The van der Waals surface area contributed by atoms with E-state index in [4.69, 9.17) is 8.60 Å². The molecule has 7 heteroatoms. The van der Waals surface area contributed by atoms with Crippen LogP contribution in [0.3, 0.4) is 0 Å². The summed E-state index contributed by atoms with van der Waals surface area (Å²) in [4.78, 5) is 12.6. The van der Waals surface area contributed by atoms with Crippen molar-refractivity contribution < 1.29 is 17.0 Å². The third-order valence-corrected chi connectivity index (χ3v) is 5.55. The van der Waals surface area contributed by atoms with E-state index in [1.54, 1.807) is 48.5 Å². The largest absolute Gasteiger partial charge is 0.420 e. The summed E-state index contributed by atoms with van der Waals surface area (Å²) in [5, 5.41) is 3.61. The lowest BCUT2D eigenvalue weighted by molar-refractivity contribution is 0.458. The summed E-state index contributed by atoms with van der Waals surface area (Å²) in [6.07, 6.45) is 0. The van der Waals surface area contributed by atoms with Crippen LogP contribution in [-0.4, -0.2) is 8.42 Å². The number of hydrogen-bond donors (Lipinski definition) is 1. The van der Waals surface area contributed by atoms with Crippen LogP contribution in [-0.2, 0) is 10.1 Å². The molecule has 6 nitrogen and oxygen atoms in total. The van der Waals surface area contributed by atoms with Crippen LogP contribution in [0.25, 0.3) is 11.0 Å². The Balaban J connectivity index is 1.87. The molecule has 1 N–H and O–H groups in total. The number of nitrogens with one attached hydrogen (secondary N) is 1. The summed E-state index contributed by atoms with van der Waals surface area (Å²) in [5.41, 5.74) is 1.22. The summed E-state index contributed by atoms with van der Waals surface area (Å²) in [5.74, 6) is -0.423. The van der Waals surface area contributed by atoms with Crippen molar-refractivity contribution in [3.05, 3.63) is 94.8 Å².